The molecule has 0 N–H and O–H groups in total. The molecule has 0 aliphatic heterocycles. The molecule has 38 heavy (non-hydrogen) atoms. The van der Waals surface area contributed by atoms with Gasteiger partial charge in [0.25, 0.3) is 0 Å². The molecular formula is C34H48F2O2. The number of allylic oxidation sites excluding steroid dienone is 1. The summed E-state index contributed by atoms with van der Waals surface area (Å²) in [6.07, 6.45) is 18.5. The van der Waals surface area contributed by atoms with Gasteiger partial charge in [-0.25, -0.2) is 13.6 Å². The van der Waals surface area contributed by atoms with Crippen molar-refractivity contribution >= 4 is 5.97 Å². The smallest absolute Gasteiger partial charge is 0.338 e. The van der Waals surface area contributed by atoms with Crippen LogP contribution in [0.3, 0.4) is 0 Å². The third-order valence-electron chi connectivity index (χ3n) is 11.8. The molecule has 1 aromatic carbocycles. The maximum Gasteiger partial charge on any atom is 0.338 e. The van der Waals surface area contributed by atoms with Crippen molar-refractivity contribution in [3.05, 3.63) is 47.0 Å². The van der Waals surface area contributed by atoms with Gasteiger partial charge in [0.15, 0.2) is 11.6 Å². The lowest BCUT2D eigenvalue weighted by molar-refractivity contribution is -0.0594. The number of esters is 1. The lowest BCUT2D eigenvalue weighted by Gasteiger charge is -2.58. The third-order valence-corrected chi connectivity index (χ3v) is 11.8. The van der Waals surface area contributed by atoms with Gasteiger partial charge >= 0.3 is 5.97 Å². The second-order valence-electron chi connectivity index (χ2n) is 13.7. The van der Waals surface area contributed by atoms with Crippen LogP contribution >= 0.6 is 0 Å². The standard InChI is InChI=1S/C34H48F2O2/c1-5-6-7-8-9-22(2)27-13-14-28-26-12-11-24-21-25(38-32(37)23-10-15-30(35)31(36)20-23)16-18-33(24,3)29(26)17-19-34(27,28)4/h10-11,15,20,22,25-29H,5-9,12-14,16-19,21H2,1-4H3/t22-,25+,26+,27-,28+,29+,33+,34-/m1/s1. The summed E-state index contributed by atoms with van der Waals surface area (Å²) >= 11 is 0. The molecule has 4 heteroatoms. The Bertz CT molecular complexity index is 1050. The van der Waals surface area contributed by atoms with Crippen LogP contribution in [0.1, 0.15) is 122 Å². The number of fused-ring (bicyclic) bond motifs is 5. The Morgan fingerprint density at radius 2 is 1.84 bits per heavy atom. The van der Waals surface area contributed by atoms with Gasteiger partial charge in [-0.3, -0.25) is 0 Å². The predicted molar refractivity (Wildman–Crippen MR) is 149 cm³/mol. The predicted octanol–water partition coefficient (Wildman–Crippen LogP) is 9.68. The van der Waals surface area contributed by atoms with Crippen LogP contribution in [0.4, 0.5) is 8.78 Å². The molecule has 210 valence electrons. The molecule has 0 aromatic heterocycles. The van der Waals surface area contributed by atoms with Gasteiger partial charge in [-0.2, -0.15) is 0 Å². The quantitative estimate of drug-likeness (QED) is 0.191. The molecular weight excluding hydrogens is 478 g/mol. The average Bonchev–Trinajstić information content (AvgIpc) is 3.25. The fraction of sp³-hybridized carbons (Fsp3) is 0.735. The summed E-state index contributed by atoms with van der Waals surface area (Å²) in [6.45, 7) is 9.96. The first kappa shape index (κ1) is 27.8. The molecule has 0 unspecified atom stereocenters. The van der Waals surface area contributed by atoms with Gasteiger partial charge in [0.1, 0.15) is 6.10 Å². The van der Waals surface area contributed by atoms with Gasteiger partial charge in [0, 0.05) is 6.42 Å². The van der Waals surface area contributed by atoms with Crippen LogP contribution in [0.5, 0.6) is 0 Å². The summed E-state index contributed by atoms with van der Waals surface area (Å²) < 4.78 is 32.7. The van der Waals surface area contributed by atoms with Crippen LogP contribution in [0.25, 0.3) is 0 Å². The molecule has 0 saturated heterocycles. The number of rotatable bonds is 8. The molecule has 4 aliphatic carbocycles. The van der Waals surface area contributed by atoms with E-state index in [0.717, 1.165) is 67.4 Å². The monoisotopic (exact) mass is 526 g/mol. The van der Waals surface area contributed by atoms with E-state index in [1.807, 2.05) is 0 Å². The summed E-state index contributed by atoms with van der Waals surface area (Å²) in [6, 6.07) is 3.23. The first-order chi connectivity index (χ1) is 18.2. The van der Waals surface area contributed by atoms with Crippen molar-refractivity contribution in [1.82, 2.24) is 0 Å². The molecule has 2 nitrogen and oxygen atoms in total. The Balaban J connectivity index is 1.24. The molecule has 0 bridgehead atoms. The zero-order valence-electron chi connectivity index (χ0n) is 24.0. The van der Waals surface area contributed by atoms with Gasteiger partial charge in [-0.15, -0.1) is 0 Å². The van der Waals surface area contributed by atoms with Gasteiger partial charge in [0.05, 0.1) is 5.56 Å². The molecule has 8 atom stereocenters. The Morgan fingerprint density at radius 1 is 1.03 bits per heavy atom. The Hall–Kier alpha value is -1.71. The highest BCUT2D eigenvalue weighted by Gasteiger charge is 2.59. The van der Waals surface area contributed by atoms with E-state index < -0.39 is 17.6 Å². The summed E-state index contributed by atoms with van der Waals surface area (Å²) in [5.74, 6) is 1.53. The van der Waals surface area contributed by atoms with E-state index in [0.29, 0.717) is 5.41 Å². The normalized spacial score (nSPS) is 37.0. The maximum absolute atomic E-state index is 13.6. The summed E-state index contributed by atoms with van der Waals surface area (Å²) in [4.78, 5) is 12.7. The first-order valence-electron chi connectivity index (χ1n) is 15.5. The van der Waals surface area contributed by atoms with Crippen LogP contribution in [0.15, 0.2) is 29.8 Å². The minimum absolute atomic E-state index is 0.0804. The molecule has 0 radical (unpaired) electrons. The van der Waals surface area contributed by atoms with E-state index in [1.54, 1.807) is 0 Å². The van der Waals surface area contributed by atoms with E-state index in [9.17, 15) is 13.6 Å². The number of hydrogen-bond acceptors (Lipinski definition) is 2. The number of benzene rings is 1. The Morgan fingerprint density at radius 3 is 2.61 bits per heavy atom. The van der Waals surface area contributed by atoms with Crippen molar-refractivity contribution < 1.29 is 18.3 Å². The number of ether oxygens (including phenoxy) is 1. The third kappa shape index (κ3) is 4.99. The number of hydrogen-bond donors (Lipinski definition) is 0. The molecule has 3 saturated carbocycles. The van der Waals surface area contributed by atoms with Crippen molar-refractivity contribution in [1.29, 1.82) is 0 Å². The van der Waals surface area contributed by atoms with Gasteiger partial charge in [-0.1, -0.05) is 71.4 Å². The molecule has 0 amide bonds. The van der Waals surface area contributed by atoms with E-state index in [2.05, 4.69) is 33.8 Å². The topological polar surface area (TPSA) is 26.3 Å². The molecule has 4 aliphatic rings. The van der Waals surface area contributed by atoms with Gasteiger partial charge in [0.2, 0.25) is 0 Å². The Labute approximate surface area is 229 Å². The van der Waals surface area contributed by atoms with E-state index in [1.165, 1.54) is 69.4 Å². The fourth-order valence-electron chi connectivity index (χ4n) is 9.64. The highest BCUT2D eigenvalue weighted by atomic mass is 19.2. The lowest BCUT2D eigenvalue weighted by Crippen LogP contribution is -2.51. The minimum atomic E-state index is -1.01. The average molecular weight is 527 g/mol. The fourth-order valence-corrected chi connectivity index (χ4v) is 9.64. The minimum Gasteiger partial charge on any atom is -0.458 e. The van der Waals surface area contributed by atoms with Crippen molar-refractivity contribution in [3.8, 4) is 0 Å². The molecule has 0 heterocycles. The van der Waals surface area contributed by atoms with Crippen LogP contribution in [-0.4, -0.2) is 12.1 Å². The van der Waals surface area contributed by atoms with Crippen molar-refractivity contribution in [2.24, 2.45) is 40.4 Å². The zero-order chi connectivity index (χ0) is 27.1. The van der Waals surface area contributed by atoms with Crippen molar-refractivity contribution in [2.75, 3.05) is 0 Å². The van der Waals surface area contributed by atoms with Crippen LogP contribution < -0.4 is 0 Å². The molecule has 1 aromatic rings. The maximum atomic E-state index is 13.6. The second-order valence-corrected chi connectivity index (χ2v) is 13.7. The van der Waals surface area contributed by atoms with Gasteiger partial charge < -0.3 is 4.74 Å². The SMILES string of the molecule is CCCCCC[C@@H](C)[C@H]1CC[C@H]2[C@@H]3CC=C4C[C@@H](OC(=O)c5ccc(F)c(F)c5)CC[C@]4(C)[C@H]3CC[C@]12C. The highest BCUT2D eigenvalue weighted by molar-refractivity contribution is 5.89. The van der Waals surface area contributed by atoms with Crippen LogP contribution in [-0.2, 0) is 4.74 Å². The number of carbonyl (C=O) groups is 1. The van der Waals surface area contributed by atoms with E-state index in [4.69, 9.17) is 4.74 Å². The Kier molecular flexibility index (Phi) is 8.09. The van der Waals surface area contributed by atoms with Crippen molar-refractivity contribution in [3.63, 3.8) is 0 Å². The highest BCUT2D eigenvalue weighted by Crippen LogP contribution is 2.67. The van der Waals surface area contributed by atoms with E-state index >= 15 is 0 Å². The molecule has 3 fully saturated rings. The summed E-state index contributed by atoms with van der Waals surface area (Å²) in [5.41, 5.74) is 2.23. The zero-order valence-corrected chi connectivity index (χ0v) is 24.0. The molecule has 0 spiro atoms. The summed E-state index contributed by atoms with van der Waals surface area (Å²) in [5, 5.41) is 0. The largest absolute Gasteiger partial charge is 0.458 e. The van der Waals surface area contributed by atoms with Gasteiger partial charge in [-0.05, 0) is 104 Å². The summed E-state index contributed by atoms with van der Waals surface area (Å²) in [7, 11) is 0. The van der Waals surface area contributed by atoms with Crippen molar-refractivity contribution in [2.45, 2.75) is 117 Å². The van der Waals surface area contributed by atoms with Crippen LogP contribution in [0, 0.1) is 52.1 Å². The number of unbranched alkanes of at least 4 members (excludes halogenated alkanes) is 3. The number of halogens is 2. The van der Waals surface area contributed by atoms with E-state index in [-0.39, 0.29) is 17.1 Å². The second kappa shape index (κ2) is 11.0. The van der Waals surface area contributed by atoms with Crippen LogP contribution in [0.2, 0.25) is 0 Å². The molecule has 5 rings (SSSR count). The first-order valence-corrected chi connectivity index (χ1v) is 15.5. The lowest BCUT2D eigenvalue weighted by atomic mass is 9.47. The number of carbonyl (C=O) groups excluding carboxylic acids is 1.